The first-order valence-electron chi connectivity index (χ1n) is 4.81. The number of aliphatic hydroxyl groups is 1. The van der Waals surface area contributed by atoms with E-state index in [9.17, 15) is 9.90 Å². The first kappa shape index (κ1) is 10.6. The number of halogens is 1. The predicted molar refractivity (Wildman–Crippen MR) is 60.3 cm³/mol. The van der Waals surface area contributed by atoms with Crippen molar-refractivity contribution in [2.75, 3.05) is 0 Å². The SMILES string of the molecule is NC(=O)C1(O)CCc2cc(Br)ccc2C1. The van der Waals surface area contributed by atoms with E-state index < -0.39 is 11.5 Å². The minimum atomic E-state index is -1.36. The van der Waals surface area contributed by atoms with Gasteiger partial charge in [-0.25, -0.2) is 0 Å². The van der Waals surface area contributed by atoms with E-state index in [0.29, 0.717) is 19.3 Å². The minimum absolute atomic E-state index is 0.324. The highest BCUT2D eigenvalue weighted by Gasteiger charge is 2.37. The van der Waals surface area contributed by atoms with Crippen LogP contribution in [0.25, 0.3) is 0 Å². The molecule has 15 heavy (non-hydrogen) atoms. The lowest BCUT2D eigenvalue weighted by Crippen LogP contribution is -2.48. The first-order valence-corrected chi connectivity index (χ1v) is 5.60. The molecule has 0 fully saturated rings. The molecule has 1 aliphatic rings. The van der Waals surface area contributed by atoms with E-state index >= 15 is 0 Å². The Morgan fingerprint density at radius 3 is 2.87 bits per heavy atom. The summed E-state index contributed by atoms with van der Waals surface area (Å²) < 4.78 is 1.02. The molecule has 1 atom stereocenters. The summed E-state index contributed by atoms with van der Waals surface area (Å²) in [7, 11) is 0. The molecule has 0 spiro atoms. The fraction of sp³-hybridized carbons (Fsp3) is 0.364. The summed E-state index contributed by atoms with van der Waals surface area (Å²) in [6.45, 7) is 0. The van der Waals surface area contributed by atoms with Crippen LogP contribution >= 0.6 is 15.9 Å². The zero-order valence-electron chi connectivity index (χ0n) is 8.16. The molecule has 4 heteroatoms. The van der Waals surface area contributed by atoms with Crippen LogP contribution in [0.4, 0.5) is 0 Å². The number of aryl methyl sites for hydroxylation is 1. The summed E-state index contributed by atoms with van der Waals surface area (Å²) in [6.07, 6.45) is 1.42. The van der Waals surface area contributed by atoms with Gasteiger partial charge in [0.1, 0.15) is 5.60 Å². The van der Waals surface area contributed by atoms with E-state index in [2.05, 4.69) is 15.9 Å². The van der Waals surface area contributed by atoms with Crippen molar-refractivity contribution in [3.05, 3.63) is 33.8 Å². The second kappa shape index (κ2) is 3.61. The van der Waals surface area contributed by atoms with Gasteiger partial charge >= 0.3 is 0 Å². The molecule has 0 saturated carbocycles. The molecule has 3 N–H and O–H groups in total. The number of amides is 1. The van der Waals surface area contributed by atoms with Crippen LogP contribution in [0.5, 0.6) is 0 Å². The largest absolute Gasteiger partial charge is 0.380 e. The molecule has 1 aliphatic carbocycles. The highest BCUT2D eigenvalue weighted by Crippen LogP contribution is 2.30. The van der Waals surface area contributed by atoms with Gasteiger partial charge in [-0.1, -0.05) is 22.0 Å². The molecule has 1 aromatic rings. The third-order valence-corrected chi connectivity index (χ3v) is 3.41. The van der Waals surface area contributed by atoms with Crippen LogP contribution < -0.4 is 5.73 Å². The number of benzene rings is 1. The maximum Gasteiger partial charge on any atom is 0.249 e. The molecule has 0 aliphatic heterocycles. The van der Waals surface area contributed by atoms with Gasteiger partial charge < -0.3 is 10.8 Å². The van der Waals surface area contributed by atoms with Crippen LogP contribution in [-0.2, 0) is 17.6 Å². The number of hydrogen-bond acceptors (Lipinski definition) is 2. The van der Waals surface area contributed by atoms with E-state index in [1.807, 2.05) is 18.2 Å². The zero-order valence-corrected chi connectivity index (χ0v) is 9.75. The van der Waals surface area contributed by atoms with Crippen LogP contribution in [0.3, 0.4) is 0 Å². The molecule has 0 saturated heterocycles. The van der Waals surface area contributed by atoms with E-state index in [0.717, 1.165) is 10.0 Å². The highest BCUT2D eigenvalue weighted by atomic mass is 79.9. The number of carbonyl (C=O) groups is 1. The monoisotopic (exact) mass is 269 g/mol. The lowest BCUT2D eigenvalue weighted by Gasteiger charge is -2.30. The van der Waals surface area contributed by atoms with Gasteiger partial charge in [-0.2, -0.15) is 0 Å². The van der Waals surface area contributed by atoms with Crippen molar-refractivity contribution in [1.29, 1.82) is 0 Å². The van der Waals surface area contributed by atoms with Crippen molar-refractivity contribution in [3.63, 3.8) is 0 Å². The Balaban J connectivity index is 2.35. The van der Waals surface area contributed by atoms with Gasteiger partial charge in [0.2, 0.25) is 5.91 Å². The van der Waals surface area contributed by atoms with Crippen molar-refractivity contribution < 1.29 is 9.90 Å². The maximum atomic E-state index is 11.1. The second-order valence-corrected chi connectivity index (χ2v) is 4.90. The van der Waals surface area contributed by atoms with Gasteiger partial charge in [0.25, 0.3) is 0 Å². The van der Waals surface area contributed by atoms with Crippen molar-refractivity contribution >= 4 is 21.8 Å². The molecule has 1 unspecified atom stereocenters. The molecule has 3 nitrogen and oxygen atoms in total. The van der Waals surface area contributed by atoms with E-state index in [4.69, 9.17) is 5.73 Å². The molecule has 80 valence electrons. The standard InChI is InChI=1S/C11H12BrNO2/c12-9-2-1-8-6-11(15,10(13)14)4-3-7(8)5-9/h1-2,5,15H,3-4,6H2,(H2,13,14). The van der Waals surface area contributed by atoms with Crippen LogP contribution in [0.1, 0.15) is 17.5 Å². The number of nitrogens with two attached hydrogens (primary N) is 1. The predicted octanol–water partition coefficient (Wildman–Crippen LogP) is 1.15. The second-order valence-electron chi connectivity index (χ2n) is 3.99. The van der Waals surface area contributed by atoms with Gasteiger partial charge in [0.15, 0.2) is 0 Å². The molecular formula is C11H12BrNO2. The Morgan fingerprint density at radius 2 is 2.20 bits per heavy atom. The summed E-state index contributed by atoms with van der Waals surface area (Å²) in [5, 5.41) is 9.98. The zero-order chi connectivity index (χ0) is 11.1. The third-order valence-electron chi connectivity index (χ3n) is 2.92. The van der Waals surface area contributed by atoms with E-state index in [1.54, 1.807) is 0 Å². The molecule has 1 amide bonds. The topological polar surface area (TPSA) is 63.3 Å². The Labute approximate surface area is 96.4 Å². The average Bonchev–Trinajstić information content (AvgIpc) is 2.18. The van der Waals surface area contributed by atoms with Crippen molar-refractivity contribution in [2.45, 2.75) is 24.9 Å². The summed E-state index contributed by atoms with van der Waals surface area (Å²) in [6, 6.07) is 5.86. The normalized spacial score (nSPS) is 24.7. The summed E-state index contributed by atoms with van der Waals surface area (Å²) in [5.74, 6) is -0.629. The minimum Gasteiger partial charge on any atom is -0.380 e. The molecule has 0 aromatic heterocycles. The highest BCUT2D eigenvalue weighted by molar-refractivity contribution is 9.10. The number of carbonyl (C=O) groups excluding carboxylic acids is 1. The number of primary amides is 1. The van der Waals surface area contributed by atoms with Crippen molar-refractivity contribution in [3.8, 4) is 0 Å². The van der Waals surface area contributed by atoms with Crippen LogP contribution in [0, 0.1) is 0 Å². The van der Waals surface area contributed by atoms with E-state index in [1.165, 1.54) is 5.56 Å². The quantitative estimate of drug-likeness (QED) is 0.804. The Morgan fingerprint density at radius 1 is 1.47 bits per heavy atom. The summed E-state index contributed by atoms with van der Waals surface area (Å²) in [5.41, 5.74) is 6.01. The van der Waals surface area contributed by atoms with Crippen LogP contribution in [-0.4, -0.2) is 16.6 Å². The molecular weight excluding hydrogens is 258 g/mol. The number of fused-ring (bicyclic) bond motifs is 1. The fourth-order valence-corrected chi connectivity index (χ4v) is 2.36. The van der Waals surface area contributed by atoms with Crippen molar-refractivity contribution in [2.24, 2.45) is 5.73 Å². The Hall–Kier alpha value is -0.870. The van der Waals surface area contributed by atoms with Crippen LogP contribution in [0.15, 0.2) is 22.7 Å². The Kier molecular flexibility index (Phi) is 2.56. The first-order chi connectivity index (χ1) is 7.01. The average molecular weight is 270 g/mol. The summed E-state index contributed by atoms with van der Waals surface area (Å²) >= 11 is 3.39. The van der Waals surface area contributed by atoms with Crippen LogP contribution in [0.2, 0.25) is 0 Å². The third kappa shape index (κ3) is 1.92. The van der Waals surface area contributed by atoms with Gasteiger partial charge in [0, 0.05) is 10.9 Å². The molecule has 1 aromatic carbocycles. The lowest BCUT2D eigenvalue weighted by atomic mass is 9.80. The molecule has 0 heterocycles. The molecule has 0 bridgehead atoms. The maximum absolute atomic E-state index is 11.1. The van der Waals surface area contributed by atoms with Gasteiger partial charge in [-0.3, -0.25) is 4.79 Å². The fourth-order valence-electron chi connectivity index (χ4n) is 1.95. The van der Waals surface area contributed by atoms with Gasteiger partial charge in [-0.15, -0.1) is 0 Å². The number of hydrogen-bond donors (Lipinski definition) is 2. The molecule has 2 rings (SSSR count). The summed E-state index contributed by atoms with van der Waals surface area (Å²) in [4.78, 5) is 11.1. The number of rotatable bonds is 1. The smallest absolute Gasteiger partial charge is 0.249 e. The van der Waals surface area contributed by atoms with E-state index in [-0.39, 0.29) is 0 Å². The lowest BCUT2D eigenvalue weighted by molar-refractivity contribution is -0.137. The van der Waals surface area contributed by atoms with Gasteiger partial charge in [-0.05, 0) is 36.1 Å². The van der Waals surface area contributed by atoms with Gasteiger partial charge in [0.05, 0.1) is 0 Å². The molecule has 0 radical (unpaired) electrons. The van der Waals surface area contributed by atoms with Crippen molar-refractivity contribution in [1.82, 2.24) is 0 Å². The Bertz CT molecular complexity index is 419.